The first kappa shape index (κ1) is 16.0. The van der Waals surface area contributed by atoms with Gasteiger partial charge < -0.3 is 4.90 Å². The average molecular weight is 353 g/mol. The predicted molar refractivity (Wildman–Crippen MR) is 95.6 cm³/mol. The summed E-state index contributed by atoms with van der Waals surface area (Å²) in [6.07, 6.45) is 5.46. The maximum atomic E-state index is 12.7. The van der Waals surface area contributed by atoms with Crippen LogP contribution in [0.3, 0.4) is 0 Å². The Hall–Kier alpha value is -2.54. The van der Waals surface area contributed by atoms with Crippen LogP contribution in [-0.4, -0.2) is 43.9 Å². The highest BCUT2D eigenvalue weighted by Crippen LogP contribution is 2.28. The molecule has 3 aromatic rings. The summed E-state index contributed by atoms with van der Waals surface area (Å²) < 4.78 is 1.76. The maximum absolute atomic E-state index is 12.7. The first-order chi connectivity index (χ1) is 12.3. The number of hydrogen-bond acceptors (Lipinski definition) is 5. The Morgan fingerprint density at radius 2 is 2.00 bits per heavy atom. The molecule has 0 aliphatic carbocycles. The van der Waals surface area contributed by atoms with Crippen molar-refractivity contribution in [2.45, 2.75) is 25.3 Å². The van der Waals surface area contributed by atoms with Crippen molar-refractivity contribution in [2.24, 2.45) is 0 Å². The summed E-state index contributed by atoms with van der Waals surface area (Å²) in [5.41, 5.74) is 4.90. The fraction of sp³-hybridized carbons (Fsp3) is 0.333. The molecule has 0 bridgehead atoms. The van der Waals surface area contributed by atoms with Crippen LogP contribution in [-0.2, 0) is 6.54 Å². The highest BCUT2D eigenvalue weighted by Gasteiger charge is 2.25. The zero-order valence-corrected chi connectivity index (χ0v) is 14.6. The van der Waals surface area contributed by atoms with Gasteiger partial charge in [-0.05, 0) is 30.5 Å². The number of carbonyl (C=O) groups excluding carboxylic acids is 1. The Morgan fingerprint density at radius 1 is 1.20 bits per heavy atom. The van der Waals surface area contributed by atoms with Crippen molar-refractivity contribution < 1.29 is 4.79 Å². The minimum absolute atomic E-state index is 0.115. The van der Waals surface area contributed by atoms with Crippen LogP contribution in [0.2, 0.25) is 0 Å². The second kappa shape index (κ2) is 7.14. The maximum Gasteiger partial charge on any atom is 0.253 e. The van der Waals surface area contributed by atoms with Gasteiger partial charge >= 0.3 is 0 Å². The van der Waals surface area contributed by atoms with Gasteiger partial charge in [0.25, 0.3) is 5.91 Å². The Morgan fingerprint density at radius 3 is 2.64 bits per heavy atom. The first-order valence-corrected chi connectivity index (χ1v) is 9.34. The molecule has 3 heterocycles. The lowest BCUT2D eigenvalue weighted by atomic mass is 9.94. The Kier molecular flexibility index (Phi) is 4.56. The van der Waals surface area contributed by atoms with Crippen LogP contribution >= 0.6 is 11.3 Å². The van der Waals surface area contributed by atoms with Gasteiger partial charge in [-0.15, -0.1) is 16.4 Å². The topological polar surface area (TPSA) is 63.9 Å². The molecule has 1 aliphatic heterocycles. The Balaban J connectivity index is 1.36. The number of carbonyl (C=O) groups is 1. The van der Waals surface area contributed by atoms with Crippen molar-refractivity contribution in [2.75, 3.05) is 13.1 Å². The van der Waals surface area contributed by atoms with Crippen molar-refractivity contribution in [1.29, 1.82) is 0 Å². The molecule has 0 unspecified atom stereocenters. The third kappa shape index (κ3) is 3.61. The number of benzene rings is 1. The molecular formula is C18H19N5OS. The van der Waals surface area contributed by atoms with E-state index in [4.69, 9.17) is 0 Å². The molecule has 4 rings (SSSR count). The number of aromatic nitrogens is 4. The third-order valence-electron chi connectivity index (χ3n) is 4.67. The lowest BCUT2D eigenvalue weighted by molar-refractivity contribution is 0.0712. The minimum Gasteiger partial charge on any atom is -0.339 e. The summed E-state index contributed by atoms with van der Waals surface area (Å²) in [4.78, 5) is 19.1. The summed E-state index contributed by atoms with van der Waals surface area (Å²) in [6.45, 7) is 2.25. The van der Waals surface area contributed by atoms with Crippen molar-refractivity contribution in [3.8, 4) is 0 Å². The lowest BCUT2D eigenvalue weighted by Crippen LogP contribution is -2.38. The highest BCUT2D eigenvalue weighted by atomic mass is 32.1. The largest absolute Gasteiger partial charge is 0.339 e. The van der Waals surface area contributed by atoms with Crippen molar-refractivity contribution in [3.63, 3.8) is 0 Å². The molecule has 1 aromatic carbocycles. The van der Waals surface area contributed by atoms with Gasteiger partial charge in [0.2, 0.25) is 0 Å². The highest BCUT2D eigenvalue weighted by molar-refractivity contribution is 7.07. The zero-order chi connectivity index (χ0) is 17.1. The fourth-order valence-corrected chi connectivity index (χ4v) is 3.88. The molecule has 0 atom stereocenters. The number of rotatable bonds is 4. The molecule has 7 heteroatoms. The molecule has 0 N–H and O–H groups in total. The number of amides is 1. The normalized spacial score (nSPS) is 15.4. The molecule has 1 amide bonds. The fourth-order valence-electron chi connectivity index (χ4n) is 3.24. The van der Waals surface area contributed by atoms with Gasteiger partial charge in [0, 0.05) is 36.1 Å². The van der Waals surface area contributed by atoms with E-state index < -0.39 is 0 Å². The van der Waals surface area contributed by atoms with Gasteiger partial charge in [-0.25, -0.2) is 9.67 Å². The molecule has 2 aromatic heterocycles. The SMILES string of the molecule is O=C(c1ccc(Cn2ccnn2)cc1)N1CCC(c2cscn2)CC1. The van der Waals surface area contributed by atoms with Gasteiger partial charge in [0.1, 0.15) is 0 Å². The molecule has 6 nitrogen and oxygen atoms in total. The average Bonchev–Trinajstić information content (AvgIpc) is 3.36. The lowest BCUT2D eigenvalue weighted by Gasteiger charge is -2.31. The van der Waals surface area contributed by atoms with Gasteiger partial charge in [-0.2, -0.15) is 0 Å². The standard InChI is InChI=1S/C18H19N5OS/c24-18(22-8-5-15(6-9-22)17-12-25-13-19-17)16-3-1-14(2-4-16)11-23-10-7-20-21-23/h1-4,7,10,12-13,15H,5-6,8-9,11H2. The summed E-state index contributed by atoms with van der Waals surface area (Å²) in [7, 11) is 0. The number of piperidine rings is 1. The molecular weight excluding hydrogens is 334 g/mol. The summed E-state index contributed by atoms with van der Waals surface area (Å²) >= 11 is 1.64. The van der Waals surface area contributed by atoms with E-state index in [1.54, 1.807) is 22.2 Å². The van der Waals surface area contributed by atoms with Crippen LogP contribution < -0.4 is 0 Å². The second-order valence-corrected chi connectivity index (χ2v) is 7.00. The van der Waals surface area contributed by atoms with E-state index >= 15 is 0 Å². The van der Waals surface area contributed by atoms with Crippen LogP contribution in [0, 0.1) is 0 Å². The molecule has 128 valence electrons. The molecule has 0 spiro atoms. The summed E-state index contributed by atoms with van der Waals surface area (Å²) in [5.74, 6) is 0.601. The number of thiazole rings is 1. The number of likely N-dealkylation sites (tertiary alicyclic amines) is 1. The molecule has 1 saturated heterocycles. The third-order valence-corrected chi connectivity index (χ3v) is 5.27. The Bertz CT molecular complexity index is 806. The predicted octanol–water partition coefficient (Wildman–Crippen LogP) is 2.80. The Labute approximate surface area is 150 Å². The van der Waals surface area contributed by atoms with Crippen LogP contribution in [0.5, 0.6) is 0 Å². The molecule has 0 radical (unpaired) electrons. The second-order valence-electron chi connectivity index (χ2n) is 6.28. The van der Waals surface area contributed by atoms with E-state index in [0.29, 0.717) is 12.5 Å². The summed E-state index contributed by atoms with van der Waals surface area (Å²) in [5, 5.41) is 9.88. The molecule has 1 fully saturated rings. The first-order valence-electron chi connectivity index (χ1n) is 8.40. The van der Waals surface area contributed by atoms with Crippen molar-refractivity contribution in [3.05, 3.63) is 64.4 Å². The quantitative estimate of drug-likeness (QED) is 0.723. The van der Waals surface area contributed by atoms with Gasteiger partial charge in [0.15, 0.2) is 0 Å². The summed E-state index contributed by atoms with van der Waals surface area (Å²) in [6, 6.07) is 7.77. The smallest absolute Gasteiger partial charge is 0.253 e. The van der Waals surface area contributed by atoms with E-state index in [-0.39, 0.29) is 5.91 Å². The minimum atomic E-state index is 0.115. The van der Waals surface area contributed by atoms with Crippen molar-refractivity contribution >= 4 is 17.2 Å². The zero-order valence-electron chi connectivity index (χ0n) is 13.8. The van der Waals surface area contributed by atoms with Crippen molar-refractivity contribution in [1.82, 2.24) is 24.9 Å². The molecule has 25 heavy (non-hydrogen) atoms. The van der Waals surface area contributed by atoms with E-state index in [9.17, 15) is 4.79 Å². The van der Waals surface area contributed by atoms with E-state index in [2.05, 4.69) is 20.7 Å². The van der Waals surface area contributed by atoms with Gasteiger partial charge in [-0.1, -0.05) is 17.3 Å². The van der Waals surface area contributed by atoms with E-state index in [1.807, 2.05) is 40.9 Å². The van der Waals surface area contributed by atoms with Crippen LogP contribution in [0.25, 0.3) is 0 Å². The molecule has 1 aliphatic rings. The van der Waals surface area contributed by atoms with Crippen LogP contribution in [0.15, 0.2) is 47.5 Å². The van der Waals surface area contributed by atoms with Crippen LogP contribution in [0.1, 0.15) is 40.4 Å². The number of nitrogens with zero attached hydrogens (tertiary/aromatic N) is 5. The monoisotopic (exact) mass is 353 g/mol. The van der Waals surface area contributed by atoms with Crippen LogP contribution in [0.4, 0.5) is 0 Å². The van der Waals surface area contributed by atoms with Gasteiger partial charge in [-0.3, -0.25) is 4.79 Å². The van der Waals surface area contributed by atoms with Gasteiger partial charge in [0.05, 0.1) is 23.9 Å². The number of hydrogen-bond donors (Lipinski definition) is 0. The molecule has 0 saturated carbocycles. The van der Waals surface area contributed by atoms with E-state index in [0.717, 1.165) is 37.1 Å². The van der Waals surface area contributed by atoms with E-state index in [1.165, 1.54) is 5.69 Å².